The Bertz CT molecular complexity index is 284. The number of hydrogen-bond acceptors (Lipinski definition) is 5. The van der Waals surface area contributed by atoms with Gasteiger partial charge in [-0.05, 0) is 12.8 Å². The Kier molecular flexibility index (Phi) is 12.6. The first-order chi connectivity index (χ1) is 9.58. The molecule has 0 heterocycles. The molecule has 0 rings (SSSR count). The van der Waals surface area contributed by atoms with Gasteiger partial charge < -0.3 is 13.8 Å². The second-order valence-corrected chi connectivity index (χ2v) is 6.93. The minimum atomic E-state index is -3.20. The van der Waals surface area contributed by atoms with Crippen LogP contribution in [-0.2, 0) is 23.1 Å². The Morgan fingerprint density at radius 1 is 1.05 bits per heavy atom. The van der Waals surface area contributed by atoms with E-state index >= 15 is 0 Å². The number of carbonyl (C=O) groups is 1. The van der Waals surface area contributed by atoms with Gasteiger partial charge in [0.05, 0.1) is 31.7 Å². The molecule has 0 aromatic carbocycles. The lowest BCUT2D eigenvalue weighted by Crippen LogP contribution is -2.11. The molecular formula is C13H26ClO5P. The van der Waals surface area contributed by atoms with Crippen molar-refractivity contribution in [3.05, 3.63) is 0 Å². The molecular weight excluding hydrogens is 303 g/mol. The first kappa shape index (κ1) is 19.9. The van der Waals surface area contributed by atoms with Crippen LogP contribution in [0.1, 0.15) is 46.0 Å². The summed E-state index contributed by atoms with van der Waals surface area (Å²) in [5.74, 6) is -0.173. The molecule has 0 spiro atoms. The fourth-order valence-electron chi connectivity index (χ4n) is 1.32. The smallest absolute Gasteiger partial charge is 0.331 e. The lowest BCUT2D eigenvalue weighted by Gasteiger charge is -2.18. The fraction of sp³-hybridized carbons (Fsp3) is 0.923. The Morgan fingerprint density at radius 2 is 1.60 bits per heavy atom. The van der Waals surface area contributed by atoms with Crippen molar-refractivity contribution in [2.75, 3.05) is 31.9 Å². The zero-order valence-electron chi connectivity index (χ0n) is 12.4. The van der Waals surface area contributed by atoms with Crippen LogP contribution in [0.5, 0.6) is 0 Å². The Hall–Kier alpha value is -0.0900. The van der Waals surface area contributed by atoms with Crippen molar-refractivity contribution in [2.45, 2.75) is 46.0 Å². The maximum atomic E-state index is 12.5. The van der Waals surface area contributed by atoms with E-state index in [1.165, 1.54) is 0 Å². The summed E-state index contributed by atoms with van der Waals surface area (Å²) in [7, 11) is -3.20. The monoisotopic (exact) mass is 328 g/mol. The first-order valence-electron chi connectivity index (χ1n) is 7.17. The van der Waals surface area contributed by atoms with Crippen LogP contribution in [-0.4, -0.2) is 37.8 Å². The van der Waals surface area contributed by atoms with Gasteiger partial charge in [0.25, 0.3) is 0 Å². The number of unbranched alkanes of at least 4 members (excludes halogenated alkanes) is 2. The van der Waals surface area contributed by atoms with Gasteiger partial charge in [-0.15, -0.1) is 11.6 Å². The molecule has 0 aromatic rings. The van der Waals surface area contributed by atoms with E-state index < -0.39 is 13.6 Å². The van der Waals surface area contributed by atoms with Crippen LogP contribution in [0.25, 0.3) is 0 Å². The van der Waals surface area contributed by atoms with Crippen molar-refractivity contribution in [1.82, 2.24) is 0 Å². The molecule has 0 saturated heterocycles. The summed E-state index contributed by atoms with van der Waals surface area (Å²) < 4.78 is 28.0. The average Bonchev–Trinajstić information content (AvgIpc) is 2.44. The van der Waals surface area contributed by atoms with E-state index in [-0.39, 0.29) is 25.1 Å². The topological polar surface area (TPSA) is 61.8 Å². The quantitative estimate of drug-likeness (QED) is 0.221. The molecule has 0 aliphatic heterocycles. The molecule has 0 bridgehead atoms. The summed E-state index contributed by atoms with van der Waals surface area (Å²) >= 11 is 5.42. The van der Waals surface area contributed by atoms with Crippen LogP contribution in [0.15, 0.2) is 0 Å². The highest BCUT2D eigenvalue weighted by Crippen LogP contribution is 2.49. The number of halogens is 1. The number of rotatable bonds is 13. The van der Waals surface area contributed by atoms with Gasteiger partial charge in [-0.25, -0.2) is 0 Å². The Labute approximate surface area is 126 Å². The minimum Gasteiger partial charge on any atom is -0.464 e. The molecule has 0 aromatic heterocycles. The summed E-state index contributed by atoms with van der Waals surface area (Å²) in [4.78, 5) is 11.4. The van der Waals surface area contributed by atoms with Crippen molar-refractivity contribution in [2.24, 2.45) is 0 Å². The second-order valence-electron chi connectivity index (χ2n) is 4.37. The summed E-state index contributed by atoms with van der Waals surface area (Å²) in [6.07, 6.45) is 3.61. The van der Waals surface area contributed by atoms with Gasteiger partial charge in [0.1, 0.15) is 6.61 Å². The van der Waals surface area contributed by atoms with Crippen molar-refractivity contribution < 1.29 is 23.1 Å². The normalized spacial score (nSPS) is 11.6. The summed E-state index contributed by atoms with van der Waals surface area (Å²) in [5, 5.41) is 0. The number of esters is 1. The maximum absolute atomic E-state index is 12.5. The summed E-state index contributed by atoms with van der Waals surface area (Å²) in [6.45, 7) is 4.98. The Balaban J connectivity index is 4.21. The third-order valence-electron chi connectivity index (χ3n) is 2.50. The maximum Gasteiger partial charge on any atom is 0.331 e. The van der Waals surface area contributed by atoms with Crippen molar-refractivity contribution in [3.63, 3.8) is 0 Å². The van der Waals surface area contributed by atoms with Gasteiger partial charge in [0, 0.05) is 0 Å². The summed E-state index contributed by atoms with van der Waals surface area (Å²) in [5.41, 5.74) is 0. The van der Waals surface area contributed by atoms with Gasteiger partial charge in [-0.2, -0.15) is 0 Å². The number of hydrogen-bond donors (Lipinski definition) is 0. The predicted molar refractivity (Wildman–Crippen MR) is 80.5 cm³/mol. The van der Waals surface area contributed by atoms with Crippen molar-refractivity contribution >= 4 is 25.2 Å². The predicted octanol–water partition coefficient (Wildman–Crippen LogP) is 3.99. The highest BCUT2D eigenvalue weighted by Gasteiger charge is 2.25. The van der Waals surface area contributed by atoms with Gasteiger partial charge in [0.15, 0.2) is 0 Å². The molecule has 120 valence electrons. The van der Waals surface area contributed by atoms with E-state index in [0.29, 0.717) is 13.2 Å². The number of alkyl halides is 1. The lowest BCUT2D eigenvalue weighted by molar-refractivity contribution is -0.142. The summed E-state index contributed by atoms with van der Waals surface area (Å²) in [6, 6.07) is 0. The van der Waals surface area contributed by atoms with Crippen LogP contribution in [0.4, 0.5) is 0 Å². The van der Waals surface area contributed by atoms with Crippen LogP contribution in [0.3, 0.4) is 0 Å². The van der Waals surface area contributed by atoms with Gasteiger partial charge in [0.2, 0.25) is 0 Å². The highest BCUT2D eigenvalue weighted by atomic mass is 35.5. The van der Waals surface area contributed by atoms with E-state index in [1.54, 1.807) is 0 Å². The van der Waals surface area contributed by atoms with Crippen LogP contribution in [0.2, 0.25) is 0 Å². The largest absolute Gasteiger partial charge is 0.464 e. The van der Waals surface area contributed by atoms with E-state index in [4.69, 9.17) is 25.4 Å². The van der Waals surface area contributed by atoms with Gasteiger partial charge >= 0.3 is 13.6 Å². The molecule has 0 atom stereocenters. The van der Waals surface area contributed by atoms with E-state index in [2.05, 4.69) is 0 Å². The van der Waals surface area contributed by atoms with Gasteiger partial charge in [-0.3, -0.25) is 9.36 Å². The first-order valence-corrected chi connectivity index (χ1v) is 9.44. The molecule has 0 aliphatic rings. The molecule has 7 heteroatoms. The number of carbonyl (C=O) groups excluding carboxylic acids is 1. The van der Waals surface area contributed by atoms with Gasteiger partial charge in [-0.1, -0.05) is 26.7 Å². The third-order valence-corrected chi connectivity index (χ3v) is 4.58. The SMILES string of the molecule is CCCCOP(=O)(CCC(=O)OCCCl)OCCCC. The molecule has 0 aliphatic carbocycles. The van der Waals surface area contributed by atoms with Crippen molar-refractivity contribution in [1.29, 1.82) is 0 Å². The zero-order chi connectivity index (χ0) is 15.3. The molecule has 0 N–H and O–H groups in total. The fourth-order valence-corrected chi connectivity index (χ4v) is 3.00. The second kappa shape index (κ2) is 12.6. The average molecular weight is 329 g/mol. The molecule has 0 saturated carbocycles. The molecule has 0 radical (unpaired) electrons. The molecule has 5 nitrogen and oxygen atoms in total. The van der Waals surface area contributed by atoms with Crippen LogP contribution >= 0.6 is 19.2 Å². The van der Waals surface area contributed by atoms with Crippen LogP contribution in [0, 0.1) is 0 Å². The van der Waals surface area contributed by atoms with Crippen molar-refractivity contribution in [3.8, 4) is 0 Å². The minimum absolute atomic E-state index is 0.0203. The third kappa shape index (κ3) is 10.7. The molecule has 0 fully saturated rings. The zero-order valence-corrected chi connectivity index (χ0v) is 14.1. The number of ether oxygens (including phenoxy) is 1. The molecule has 0 amide bonds. The molecule has 0 unspecified atom stereocenters. The van der Waals surface area contributed by atoms with E-state index in [9.17, 15) is 9.36 Å². The molecule has 20 heavy (non-hydrogen) atoms. The van der Waals surface area contributed by atoms with Crippen LogP contribution < -0.4 is 0 Å². The van der Waals surface area contributed by atoms with E-state index in [0.717, 1.165) is 25.7 Å². The van der Waals surface area contributed by atoms with E-state index in [1.807, 2.05) is 13.8 Å². The standard InChI is InChI=1S/C13H26ClO5P/c1-3-5-9-18-20(16,19-10-6-4-2)12-7-13(15)17-11-8-14/h3-12H2,1-2H3. The lowest BCUT2D eigenvalue weighted by atomic mass is 10.4. The Morgan fingerprint density at radius 3 is 2.05 bits per heavy atom. The highest BCUT2D eigenvalue weighted by molar-refractivity contribution is 7.53.